The molecule has 0 spiro atoms. The summed E-state index contributed by atoms with van der Waals surface area (Å²) in [5.41, 5.74) is 0. The Labute approximate surface area is 115 Å². The highest BCUT2D eigenvalue weighted by Crippen LogP contribution is 2.39. The van der Waals surface area contributed by atoms with Crippen LogP contribution in [0.5, 0.6) is 0 Å². The summed E-state index contributed by atoms with van der Waals surface area (Å²) in [6.45, 7) is 2.78. The normalized spacial score (nSPS) is 34.8. The van der Waals surface area contributed by atoms with Crippen molar-refractivity contribution in [2.24, 2.45) is 17.8 Å². The molecule has 3 aliphatic rings. The number of nitrogens with zero attached hydrogens (tertiary/aromatic N) is 2. The monoisotopic (exact) mass is 288 g/mol. The third kappa shape index (κ3) is 2.55. The van der Waals surface area contributed by atoms with Crippen molar-refractivity contribution in [2.75, 3.05) is 32.8 Å². The van der Waals surface area contributed by atoms with Gasteiger partial charge < -0.3 is 5.11 Å². The van der Waals surface area contributed by atoms with Crippen molar-refractivity contribution in [3.8, 4) is 0 Å². The number of piperidine rings is 1. The second-order valence-corrected chi connectivity index (χ2v) is 8.23. The molecule has 2 saturated heterocycles. The van der Waals surface area contributed by atoms with E-state index in [4.69, 9.17) is 5.11 Å². The fourth-order valence-corrected chi connectivity index (χ4v) is 5.62. The van der Waals surface area contributed by atoms with Gasteiger partial charge in [-0.25, -0.2) is 0 Å². The quantitative estimate of drug-likeness (QED) is 0.830. The minimum atomic E-state index is -3.25. The highest BCUT2D eigenvalue weighted by molar-refractivity contribution is 7.86. The summed E-state index contributed by atoms with van der Waals surface area (Å²) in [5, 5.41) is 9.12. The average Bonchev–Trinajstić information content (AvgIpc) is 2.99. The predicted octanol–water partition coefficient (Wildman–Crippen LogP) is 0.667. The number of rotatable bonds is 3. The molecule has 3 rings (SSSR count). The van der Waals surface area contributed by atoms with Gasteiger partial charge in [-0.05, 0) is 43.4 Å². The molecule has 5 nitrogen and oxygen atoms in total. The summed E-state index contributed by atoms with van der Waals surface area (Å²) in [6, 6.07) is 0. The molecule has 2 unspecified atom stereocenters. The number of hydrogen-bond acceptors (Lipinski definition) is 3. The highest BCUT2D eigenvalue weighted by atomic mass is 32.2. The fourth-order valence-electron chi connectivity index (χ4n) is 3.87. The number of fused-ring (bicyclic) bond motifs is 1. The molecule has 0 radical (unpaired) electrons. The van der Waals surface area contributed by atoms with Crippen LogP contribution in [0.2, 0.25) is 0 Å². The van der Waals surface area contributed by atoms with Crippen LogP contribution in [0, 0.1) is 17.8 Å². The third-order valence-corrected chi connectivity index (χ3v) is 7.15. The van der Waals surface area contributed by atoms with Gasteiger partial charge in [0.1, 0.15) is 0 Å². The minimum Gasteiger partial charge on any atom is -0.396 e. The standard InChI is InChI=1S/C13H24N2O3S/c16-10-11-4-6-14(7-5-11)19(17,18)15-8-12-2-1-3-13(12)9-15/h11-13,16H,1-10H2. The first kappa shape index (κ1) is 13.8. The van der Waals surface area contributed by atoms with Crippen molar-refractivity contribution in [1.29, 1.82) is 0 Å². The SMILES string of the molecule is O=S(=O)(N1CCC(CO)CC1)N1CC2CCCC2C1. The van der Waals surface area contributed by atoms with Crippen molar-refractivity contribution in [2.45, 2.75) is 32.1 Å². The van der Waals surface area contributed by atoms with Gasteiger partial charge in [0.2, 0.25) is 0 Å². The number of aliphatic hydroxyl groups is 1. The Morgan fingerprint density at radius 2 is 1.53 bits per heavy atom. The molecule has 0 amide bonds. The van der Waals surface area contributed by atoms with Crippen molar-refractivity contribution in [1.82, 2.24) is 8.61 Å². The van der Waals surface area contributed by atoms with Gasteiger partial charge in [-0.3, -0.25) is 0 Å². The van der Waals surface area contributed by atoms with Crippen LogP contribution in [0.1, 0.15) is 32.1 Å². The van der Waals surface area contributed by atoms with Crippen LogP contribution >= 0.6 is 0 Å². The van der Waals surface area contributed by atoms with Gasteiger partial charge in [0.25, 0.3) is 10.2 Å². The van der Waals surface area contributed by atoms with E-state index >= 15 is 0 Å². The smallest absolute Gasteiger partial charge is 0.281 e. The Kier molecular flexibility index (Phi) is 3.86. The molecule has 0 aromatic heterocycles. The van der Waals surface area contributed by atoms with Gasteiger partial charge in [-0.1, -0.05) is 6.42 Å². The minimum absolute atomic E-state index is 0.182. The van der Waals surface area contributed by atoms with E-state index < -0.39 is 10.2 Å². The lowest BCUT2D eigenvalue weighted by molar-refractivity contribution is 0.166. The maximum Gasteiger partial charge on any atom is 0.281 e. The Morgan fingerprint density at radius 1 is 0.947 bits per heavy atom. The summed E-state index contributed by atoms with van der Waals surface area (Å²) in [6.07, 6.45) is 5.24. The van der Waals surface area contributed by atoms with Gasteiger partial charge in [0.05, 0.1) is 0 Å². The molecule has 1 saturated carbocycles. The summed E-state index contributed by atoms with van der Waals surface area (Å²) >= 11 is 0. The zero-order valence-electron chi connectivity index (χ0n) is 11.4. The molecular weight excluding hydrogens is 264 g/mol. The van der Waals surface area contributed by atoms with E-state index in [0.717, 1.165) is 25.9 Å². The highest BCUT2D eigenvalue weighted by Gasteiger charge is 2.43. The molecule has 6 heteroatoms. The first-order chi connectivity index (χ1) is 9.11. The Hall–Kier alpha value is -0.170. The molecule has 1 aliphatic carbocycles. The van der Waals surface area contributed by atoms with Gasteiger partial charge in [-0.2, -0.15) is 17.0 Å². The maximum absolute atomic E-state index is 12.6. The predicted molar refractivity (Wildman–Crippen MR) is 72.7 cm³/mol. The Balaban J connectivity index is 1.64. The molecule has 2 atom stereocenters. The fraction of sp³-hybridized carbons (Fsp3) is 1.00. The van der Waals surface area contributed by atoms with Crippen LogP contribution in [0.15, 0.2) is 0 Å². The van der Waals surface area contributed by atoms with Crippen LogP contribution in [-0.4, -0.2) is 54.9 Å². The zero-order valence-corrected chi connectivity index (χ0v) is 12.2. The van der Waals surface area contributed by atoms with E-state index in [1.165, 1.54) is 19.3 Å². The summed E-state index contributed by atoms with van der Waals surface area (Å²) in [7, 11) is -3.25. The van der Waals surface area contributed by atoms with Gasteiger partial charge in [0.15, 0.2) is 0 Å². The summed E-state index contributed by atoms with van der Waals surface area (Å²) in [4.78, 5) is 0. The van der Waals surface area contributed by atoms with E-state index in [1.54, 1.807) is 8.61 Å². The number of aliphatic hydroxyl groups excluding tert-OH is 1. The summed E-state index contributed by atoms with van der Waals surface area (Å²) in [5.74, 6) is 1.49. The summed E-state index contributed by atoms with van der Waals surface area (Å²) < 4.78 is 28.5. The molecule has 110 valence electrons. The molecule has 2 heterocycles. The second-order valence-electron chi connectivity index (χ2n) is 6.30. The maximum atomic E-state index is 12.6. The Bertz CT molecular complexity index is 406. The lowest BCUT2D eigenvalue weighted by Crippen LogP contribution is -2.47. The molecule has 0 bridgehead atoms. The van der Waals surface area contributed by atoms with E-state index in [-0.39, 0.29) is 12.5 Å². The Morgan fingerprint density at radius 3 is 2.05 bits per heavy atom. The molecule has 0 aromatic rings. The third-order valence-electron chi connectivity index (χ3n) is 5.18. The molecular formula is C13H24N2O3S. The zero-order chi connectivity index (χ0) is 13.5. The van der Waals surface area contributed by atoms with E-state index in [9.17, 15) is 8.42 Å². The largest absolute Gasteiger partial charge is 0.396 e. The van der Waals surface area contributed by atoms with E-state index in [1.807, 2.05) is 0 Å². The van der Waals surface area contributed by atoms with Crippen molar-refractivity contribution in [3.05, 3.63) is 0 Å². The van der Waals surface area contributed by atoms with Crippen molar-refractivity contribution in [3.63, 3.8) is 0 Å². The molecule has 2 aliphatic heterocycles. The molecule has 0 aromatic carbocycles. The van der Waals surface area contributed by atoms with Crippen molar-refractivity contribution >= 4 is 10.2 Å². The average molecular weight is 288 g/mol. The lowest BCUT2D eigenvalue weighted by Gasteiger charge is -2.33. The van der Waals surface area contributed by atoms with Gasteiger partial charge in [0, 0.05) is 32.8 Å². The van der Waals surface area contributed by atoms with Gasteiger partial charge in [-0.15, -0.1) is 0 Å². The van der Waals surface area contributed by atoms with Crippen LogP contribution in [0.4, 0.5) is 0 Å². The molecule has 19 heavy (non-hydrogen) atoms. The van der Waals surface area contributed by atoms with Crippen LogP contribution in [-0.2, 0) is 10.2 Å². The van der Waals surface area contributed by atoms with Gasteiger partial charge >= 0.3 is 0 Å². The van der Waals surface area contributed by atoms with Crippen LogP contribution in [0.3, 0.4) is 0 Å². The first-order valence-corrected chi connectivity index (χ1v) is 8.87. The van der Waals surface area contributed by atoms with Crippen LogP contribution in [0.25, 0.3) is 0 Å². The topological polar surface area (TPSA) is 60.9 Å². The molecule has 3 fully saturated rings. The van der Waals surface area contributed by atoms with Crippen molar-refractivity contribution < 1.29 is 13.5 Å². The number of hydrogen-bond donors (Lipinski definition) is 1. The first-order valence-electron chi connectivity index (χ1n) is 7.47. The lowest BCUT2D eigenvalue weighted by atomic mass is 10.00. The van der Waals surface area contributed by atoms with E-state index in [2.05, 4.69) is 0 Å². The molecule has 1 N–H and O–H groups in total. The van der Waals surface area contributed by atoms with Crippen LogP contribution < -0.4 is 0 Å². The van der Waals surface area contributed by atoms with E-state index in [0.29, 0.717) is 24.9 Å². The second kappa shape index (κ2) is 5.31.